The van der Waals surface area contributed by atoms with Crippen molar-refractivity contribution < 1.29 is 14.3 Å². The Bertz CT molecular complexity index is 501. The van der Waals surface area contributed by atoms with Gasteiger partial charge in [-0.25, -0.2) is 4.79 Å². The van der Waals surface area contributed by atoms with Gasteiger partial charge in [-0.05, 0) is 56.2 Å². The summed E-state index contributed by atoms with van der Waals surface area (Å²) in [5.41, 5.74) is 1.13. The molecule has 0 radical (unpaired) electrons. The van der Waals surface area contributed by atoms with E-state index < -0.39 is 0 Å². The van der Waals surface area contributed by atoms with E-state index >= 15 is 0 Å². The third-order valence-corrected chi connectivity index (χ3v) is 4.79. The Balaban J connectivity index is 2.18. The molecule has 22 heavy (non-hydrogen) atoms. The summed E-state index contributed by atoms with van der Waals surface area (Å²) in [6, 6.07) is 6.26. The first-order chi connectivity index (χ1) is 10.7. The molecule has 0 saturated heterocycles. The fourth-order valence-corrected chi connectivity index (χ4v) is 3.59. The molecule has 1 aliphatic heterocycles. The van der Waals surface area contributed by atoms with E-state index in [0.717, 1.165) is 66.9 Å². The smallest absolute Gasteiger partial charge is 0.371 e. The first-order valence-electron chi connectivity index (χ1n) is 7.94. The summed E-state index contributed by atoms with van der Waals surface area (Å²) in [7, 11) is 1.41. The second kappa shape index (κ2) is 8.44. The van der Waals surface area contributed by atoms with Gasteiger partial charge in [-0.1, -0.05) is 19.9 Å². The van der Waals surface area contributed by atoms with Crippen molar-refractivity contribution in [2.75, 3.05) is 26.8 Å². The van der Waals surface area contributed by atoms with Crippen LogP contribution in [0.4, 0.5) is 4.79 Å². The number of carbonyl (C=O) groups is 1. The van der Waals surface area contributed by atoms with Gasteiger partial charge in [0, 0.05) is 16.5 Å². The summed E-state index contributed by atoms with van der Waals surface area (Å²) >= 11 is 1.14. The van der Waals surface area contributed by atoms with Gasteiger partial charge in [-0.15, -0.1) is 0 Å². The van der Waals surface area contributed by atoms with E-state index in [-0.39, 0.29) is 5.30 Å². The van der Waals surface area contributed by atoms with Gasteiger partial charge in [0.15, 0.2) is 0 Å². The summed E-state index contributed by atoms with van der Waals surface area (Å²) in [5, 5.41) is -0.283. The van der Waals surface area contributed by atoms with E-state index in [2.05, 4.69) is 18.7 Å². The molecule has 1 aliphatic rings. The number of methoxy groups -OCH3 is 1. The van der Waals surface area contributed by atoms with Crippen molar-refractivity contribution in [1.82, 2.24) is 4.90 Å². The Morgan fingerprint density at radius 3 is 2.73 bits per heavy atom. The summed E-state index contributed by atoms with van der Waals surface area (Å²) in [5.74, 6) is 0.901. The molecule has 0 saturated carbocycles. The quantitative estimate of drug-likeness (QED) is 0.585. The van der Waals surface area contributed by atoms with Gasteiger partial charge in [0.05, 0.1) is 7.11 Å². The van der Waals surface area contributed by atoms with Crippen LogP contribution in [0.1, 0.15) is 32.3 Å². The Labute approximate surface area is 137 Å². The molecule has 0 bridgehead atoms. The first-order valence-corrected chi connectivity index (χ1v) is 8.75. The lowest BCUT2D eigenvalue weighted by Gasteiger charge is -2.35. The van der Waals surface area contributed by atoms with Crippen molar-refractivity contribution in [2.45, 2.75) is 44.0 Å². The number of nitrogens with zero attached hydrogens (tertiary/aromatic N) is 1. The van der Waals surface area contributed by atoms with Gasteiger partial charge in [-0.3, -0.25) is 4.90 Å². The van der Waals surface area contributed by atoms with Crippen LogP contribution in [0.2, 0.25) is 0 Å². The summed E-state index contributed by atoms with van der Waals surface area (Å²) in [6.45, 7) is 7.31. The van der Waals surface area contributed by atoms with Crippen molar-refractivity contribution in [3.8, 4) is 5.75 Å². The van der Waals surface area contributed by atoms with Crippen molar-refractivity contribution in [1.29, 1.82) is 0 Å². The van der Waals surface area contributed by atoms with E-state index in [1.54, 1.807) is 0 Å². The number of carbonyl (C=O) groups excluding carboxylic acids is 1. The fraction of sp³-hybridized carbons (Fsp3) is 0.588. The van der Waals surface area contributed by atoms with Crippen LogP contribution in [-0.2, 0) is 11.2 Å². The number of rotatable bonds is 6. The van der Waals surface area contributed by atoms with Gasteiger partial charge in [0.25, 0.3) is 0 Å². The SMILES string of the molecule is CCCN(CCC)C1COc2cccc(SC(=O)OC)c2C1. The Morgan fingerprint density at radius 1 is 1.36 bits per heavy atom. The van der Waals surface area contributed by atoms with Crippen LogP contribution in [0.5, 0.6) is 5.75 Å². The number of fused-ring (bicyclic) bond motifs is 1. The summed E-state index contributed by atoms with van der Waals surface area (Å²) in [4.78, 5) is 15.0. The predicted molar refractivity (Wildman–Crippen MR) is 89.8 cm³/mol. The molecule has 4 nitrogen and oxygen atoms in total. The van der Waals surface area contributed by atoms with Crippen LogP contribution in [0.15, 0.2) is 23.1 Å². The van der Waals surface area contributed by atoms with Gasteiger partial charge in [0.1, 0.15) is 12.4 Å². The van der Waals surface area contributed by atoms with Crippen LogP contribution in [0, 0.1) is 0 Å². The fourth-order valence-electron chi connectivity index (χ4n) is 2.88. The second-order valence-corrected chi connectivity index (χ2v) is 6.47. The Morgan fingerprint density at radius 2 is 2.09 bits per heavy atom. The predicted octanol–water partition coefficient (Wildman–Crippen LogP) is 3.97. The zero-order valence-electron chi connectivity index (χ0n) is 13.6. The second-order valence-electron chi connectivity index (χ2n) is 5.49. The molecule has 0 fully saturated rings. The van der Waals surface area contributed by atoms with Crippen LogP contribution in [0.25, 0.3) is 0 Å². The highest BCUT2D eigenvalue weighted by atomic mass is 32.2. The van der Waals surface area contributed by atoms with Gasteiger partial charge < -0.3 is 9.47 Å². The molecule has 0 N–H and O–H groups in total. The summed E-state index contributed by atoms with van der Waals surface area (Å²) in [6.07, 6.45) is 3.21. The van der Waals surface area contributed by atoms with E-state index in [4.69, 9.17) is 9.47 Å². The van der Waals surface area contributed by atoms with E-state index in [0.29, 0.717) is 6.04 Å². The lowest BCUT2D eigenvalue weighted by atomic mass is 10.0. The highest BCUT2D eigenvalue weighted by Crippen LogP contribution is 2.35. The molecule has 0 aromatic heterocycles. The molecule has 5 heteroatoms. The number of hydrogen-bond acceptors (Lipinski definition) is 5. The number of hydrogen-bond donors (Lipinski definition) is 0. The minimum atomic E-state index is -0.283. The molecule has 0 spiro atoms. The maximum absolute atomic E-state index is 11.6. The third kappa shape index (κ3) is 4.17. The van der Waals surface area contributed by atoms with E-state index in [1.807, 2.05) is 18.2 Å². The number of benzene rings is 1. The first kappa shape index (κ1) is 17.2. The van der Waals surface area contributed by atoms with E-state index in [1.165, 1.54) is 7.11 Å². The molecule has 1 unspecified atom stereocenters. The lowest BCUT2D eigenvalue weighted by Crippen LogP contribution is -2.44. The maximum Gasteiger partial charge on any atom is 0.371 e. The molecule has 1 heterocycles. The van der Waals surface area contributed by atoms with Crippen LogP contribution >= 0.6 is 11.8 Å². The molecular weight excluding hydrogens is 298 g/mol. The highest BCUT2D eigenvalue weighted by molar-refractivity contribution is 8.13. The van der Waals surface area contributed by atoms with Crippen molar-refractivity contribution in [3.05, 3.63) is 23.8 Å². The normalized spacial score (nSPS) is 17.0. The molecule has 1 atom stereocenters. The van der Waals surface area contributed by atoms with Gasteiger partial charge in [-0.2, -0.15) is 0 Å². The van der Waals surface area contributed by atoms with Crippen LogP contribution in [-0.4, -0.2) is 43.0 Å². The minimum absolute atomic E-state index is 0.283. The molecule has 1 aromatic carbocycles. The number of ether oxygens (including phenoxy) is 2. The van der Waals surface area contributed by atoms with Gasteiger partial charge in [0.2, 0.25) is 0 Å². The monoisotopic (exact) mass is 323 g/mol. The van der Waals surface area contributed by atoms with Crippen molar-refractivity contribution in [2.24, 2.45) is 0 Å². The highest BCUT2D eigenvalue weighted by Gasteiger charge is 2.27. The number of thioether (sulfide) groups is 1. The Hall–Kier alpha value is -1.20. The molecule has 2 rings (SSSR count). The largest absolute Gasteiger partial charge is 0.492 e. The zero-order valence-corrected chi connectivity index (χ0v) is 14.4. The maximum atomic E-state index is 11.6. The third-order valence-electron chi connectivity index (χ3n) is 3.86. The van der Waals surface area contributed by atoms with Crippen molar-refractivity contribution >= 4 is 17.1 Å². The molecule has 0 aliphatic carbocycles. The molecule has 0 amide bonds. The van der Waals surface area contributed by atoms with E-state index in [9.17, 15) is 4.79 Å². The molecular formula is C17H25NO3S. The Kier molecular flexibility index (Phi) is 6.58. The average molecular weight is 323 g/mol. The topological polar surface area (TPSA) is 38.8 Å². The average Bonchev–Trinajstić information content (AvgIpc) is 2.54. The van der Waals surface area contributed by atoms with Crippen LogP contribution in [0.3, 0.4) is 0 Å². The zero-order chi connectivity index (χ0) is 15.9. The summed E-state index contributed by atoms with van der Waals surface area (Å²) < 4.78 is 10.7. The van der Waals surface area contributed by atoms with Crippen molar-refractivity contribution in [3.63, 3.8) is 0 Å². The molecule has 122 valence electrons. The lowest BCUT2D eigenvalue weighted by molar-refractivity contribution is 0.118. The standard InChI is InChI=1S/C17H25NO3S/c1-4-9-18(10-5-2)13-11-14-15(21-12-13)7-6-8-16(14)22-17(19)20-3/h6-8,13H,4-5,9-12H2,1-3H3. The van der Waals surface area contributed by atoms with Crippen LogP contribution < -0.4 is 4.74 Å². The minimum Gasteiger partial charge on any atom is -0.492 e. The van der Waals surface area contributed by atoms with Gasteiger partial charge >= 0.3 is 5.30 Å². The molecule has 1 aromatic rings.